The van der Waals surface area contributed by atoms with Crippen molar-refractivity contribution in [2.75, 3.05) is 0 Å². The fourth-order valence-electron chi connectivity index (χ4n) is 1.28. The highest BCUT2D eigenvalue weighted by atomic mass is 35.5. The maximum atomic E-state index is 11.5. The minimum atomic E-state index is -1.11. The van der Waals surface area contributed by atoms with Crippen LogP contribution in [0.1, 0.15) is 25.5 Å². The Kier molecular flexibility index (Phi) is 4.52. The number of carbonyl (C=O) groups excluding carboxylic acids is 1. The highest BCUT2D eigenvalue weighted by Crippen LogP contribution is 2.18. The molecule has 5 heteroatoms. The van der Waals surface area contributed by atoms with E-state index in [0.717, 1.165) is 0 Å². The smallest absolute Gasteiger partial charge is 0.330 e. The SMILES string of the molecule is CC(C)C(=O)NC(C(=O)O)c1cccc(Cl)c1. The van der Waals surface area contributed by atoms with Crippen LogP contribution >= 0.6 is 11.6 Å². The van der Waals surface area contributed by atoms with E-state index in [2.05, 4.69) is 5.32 Å². The van der Waals surface area contributed by atoms with Crippen molar-refractivity contribution in [3.8, 4) is 0 Å². The molecule has 0 saturated carbocycles. The van der Waals surface area contributed by atoms with Gasteiger partial charge in [-0.2, -0.15) is 0 Å². The highest BCUT2D eigenvalue weighted by Gasteiger charge is 2.23. The topological polar surface area (TPSA) is 66.4 Å². The number of aliphatic carboxylic acids is 1. The van der Waals surface area contributed by atoms with Crippen molar-refractivity contribution >= 4 is 23.5 Å². The van der Waals surface area contributed by atoms with Crippen LogP contribution in [0.5, 0.6) is 0 Å². The second-order valence-corrected chi connectivity index (χ2v) is 4.43. The lowest BCUT2D eigenvalue weighted by molar-refractivity contribution is -0.142. The van der Waals surface area contributed by atoms with Crippen LogP contribution in [0.15, 0.2) is 24.3 Å². The standard InChI is InChI=1S/C12H14ClNO3/c1-7(2)11(15)14-10(12(16)17)8-4-3-5-9(13)6-8/h3-7,10H,1-2H3,(H,14,15)(H,16,17). The van der Waals surface area contributed by atoms with Crippen molar-refractivity contribution in [1.82, 2.24) is 5.32 Å². The lowest BCUT2D eigenvalue weighted by Gasteiger charge is -2.16. The Hall–Kier alpha value is -1.55. The van der Waals surface area contributed by atoms with Gasteiger partial charge in [0, 0.05) is 10.9 Å². The number of carbonyl (C=O) groups is 2. The van der Waals surface area contributed by atoms with Crippen molar-refractivity contribution in [2.24, 2.45) is 5.92 Å². The van der Waals surface area contributed by atoms with Crippen molar-refractivity contribution in [3.63, 3.8) is 0 Å². The molecule has 0 spiro atoms. The quantitative estimate of drug-likeness (QED) is 0.867. The van der Waals surface area contributed by atoms with Gasteiger partial charge in [0.2, 0.25) is 5.91 Å². The third-order valence-electron chi connectivity index (χ3n) is 2.24. The number of carboxylic acids is 1. The van der Waals surface area contributed by atoms with Gasteiger partial charge >= 0.3 is 5.97 Å². The van der Waals surface area contributed by atoms with Crippen LogP contribution in [0.4, 0.5) is 0 Å². The fraction of sp³-hybridized carbons (Fsp3) is 0.333. The molecule has 0 radical (unpaired) electrons. The lowest BCUT2D eigenvalue weighted by atomic mass is 10.1. The third-order valence-corrected chi connectivity index (χ3v) is 2.48. The number of carboxylic acid groups (broad SMARTS) is 1. The molecule has 17 heavy (non-hydrogen) atoms. The molecule has 0 aliphatic rings. The molecule has 2 N–H and O–H groups in total. The summed E-state index contributed by atoms with van der Waals surface area (Å²) in [5.74, 6) is -1.69. The van der Waals surface area contributed by atoms with E-state index >= 15 is 0 Å². The Morgan fingerprint density at radius 1 is 1.35 bits per heavy atom. The van der Waals surface area contributed by atoms with Crippen LogP contribution < -0.4 is 5.32 Å². The van der Waals surface area contributed by atoms with Gasteiger partial charge in [0.05, 0.1) is 0 Å². The first-order chi connectivity index (χ1) is 7.91. The lowest BCUT2D eigenvalue weighted by Crippen LogP contribution is -2.36. The van der Waals surface area contributed by atoms with Crippen LogP contribution in [-0.4, -0.2) is 17.0 Å². The van der Waals surface area contributed by atoms with Crippen molar-refractivity contribution in [2.45, 2.75) is 19.9 Å². The Bertz CT molecular complexity index is 432. The summed E-state index contributed by atoms with van der Waals surface area (Å²) in [7, 11) is 0. The van der Waals surface area contributed by atoms with Gasteiger partial charge in [-0.25, -0.2) is 4.79 Å². The first-order valence-electron chi connectivity index (χ1n) is 5.20. The summed E-state index contributed by atoms with van der Waals surface area (Å²) in [5.41, 5.74) is 0.457. The Balaban J connectivity index is 2.94. The molecule has 1 unspecified atom stereocenters. The molecule has 1 aromatic rings. The van der Waals surface area contributed by atoms with Crippen molar-refractivity contribution in [3.05, 3.63) is 34.9 Å². The van der Waals surface area contributed by atoms with Crippen molar-refractivity contribution in [1.29, 1.82) is 0 Å². The molecule has 92 valence electrons. The second-order valence-electron chi connectivity index (χ2n) is 3.99. The van der Waals surface area contributed by atoms with Crippen LogP contribution in [0, 0.1) is 5.92 Å². The first kappa shape index (κ1) is 13.5. The Labute approximate surface area is 105 Å². The summed E-state index contributed by atoms with van der Waals surface area (Å²) < 4.78 is 0. The summed E-state index contributed by atoms with van der Waals surface area (Å²) in [6.45, 7) is 3.40. The Morgan fingerprint density at radius 3 is 2.47 bits per heavy atom. The molecule has 0 aliphatic heterocycles. The van der Waals surface area contributed by atoms with Gasteiger partial charge in [0.1, 0.15) is 0 Å². The summed E-state index contributed by atoms with van der Waals surface area (Å²) in [6, 6.07) is 5.37. The van der Waals surface area contributed by atoms with Crippen LogP contribution in [0.2, 0.25) is 5.02 Å². The van der Waals surface area contributed by atoms with E-state index in [1.165, 1.54) is 6.07 Å². The summed E-state index contributed by atoms with van der Waals surface area (Å²) in [6.07, 6.45) is 0. The van der Waals surface area contributed by atoms with E-state index < -0.39 is 12.0 Å². The van der Waals surface area contributed by atoms with Gasteiger partial charge in [-0.15, -0.1) is 0 Å². The summed E-state index contributed by atoms with van der Waals surface area (Å²) in [5, 5.41) is 12.0. The van der Waals surface area contributed by atoms with Crippen LogP contribution in [0.3, 0.4) is 0 Å². The normalized spacial score (nSPS) is 12.2. The van der Waals surface area contributed by atoms with E-state index in [-0.39, 0.29) is 11.8 Å². The van der Waals surface area contributed by atoms with Gasteiger partial charge in [-0.3, -0.25) is 4.79 Å². The predicted molar refractivity (Wildman–Crippen MR) is 64.8 cm³/mol. The largest absolute Gasteiger partial charge is 0.479 e. The number of hydrogen-bond acceptors (Lipinski definition) is 2. The molecule has 0 aliphatic carbocycles. The minimum Gasteiger partial charge on any atom is -0.479 e. The molecule has 0 fully saturated rings. The molecule has 0 aromatic heterocycles. The van der Waals surface area contributed by atoms with Gasteiger partial charge in [-0.05, 0) is 17.7 Å². The molecule has 0 saturated heterocycles. The predicted octanol–water partition coefficient (Wildman–Crippen LogP) is 2.24. The molecule has 1 atom stereocenters. The Morgan fingerprint density at radius 2 is 2.00 bits per heavy atom. The summed E-state index contributed by atoms with van der Waals surface area (Å²) in [4.78, 5) is 22.6. The average Bonchev–Trinajstić information content (AvgIpc) is 2.24. The van der Waals surface area contributed by atoms with E-state index in [4.69, 9.17) is 16.7 Å². The molecule has 0 heterocycles. The van der Waals surface area contributed by atoms with Gasteiger partial charge < -0.3 is 10.4 Å². The van der Waals surface area contributed by atoms with E-state index in [9.17, 15) is 9.59 Å². The molecular formula is C12H14ClNO3. The van der Waals surface area contributed by atoms with Gasteiger partial charge in [-0.1, -0.05) is 37.6 Å². The third kappa shape index (κ3) is 3.75. The van der Waals surface area contributed by atoms with Crippen molar-refractivity contribution < 1.29 is 14.7 Å². The number of nitrogens with one attached hydrogen (secondary N) is 1. The van der Waals surface area contributed by atoms with E-state index in [1.807, 2.05) is 0 Å². The first-order valence-corrected chi connectivity index (χ1v) is 5.58. The number of hydrogen-bond donors (Lipinski definition) is 2. The highest BCUT2D eigenvalue weighted by molar-refractivity contribution is 6.30. The minimum absolute atomic E-state index is 0.268. The van der Waals surface area contributed by atoms with Gasteiger partial charge in [0.25, 0.3) is 0 Å². The maximum absolute atomic E-state index is 11.5. The second kappa shape index (κ2) is 5.68. The fourth-order valence-corrected chi connectivity index (χ4v) is 1.48. The van der Waals surface area contributed by atoms with Crippen LogP contribution in [-0.2, 0) is 9.59 Å². The zero-order valence-electron chi connectivity index (χ0n) is 9.61. The number of benzene rings is 1. The zero-order chi connectivity index (χ0) is 13.0. The number of halogens is 1. The van der Waals surface area contributed by atoms with E-state index in [0.29, 0.717) is 10.6 Å². The maximum Gasteiger partial charge on any atom is 0.330 e. The average molecular weight is 256 g/mol. The van der Waals surface area contributed by atoms with E-state index in [1.54, 1.807) is 32.0 Å². The van der Waals surface area contributed by atoms with Crippen LogP contribution in [0.25, 0.3) is 0 Å². The molecular weight excluding hydrogens is 242 g/mol. The molecule has 1 aromatic carbocycles. The molecule has 1 rings (SSSR count). The zero-order valence-corrected chi connectivity index (χ0v) is 10.4. The molecule has 4 nitrogen and oxygen atoms in total. The van der Waals surface area contributed by atoms with Gasteiger partial charge in [0.15, 0.2) is 6.04 Å². The number of rotatable bonds is 4. The summed E-state index contributed by atoms with van der Waals surface area (Å²) >= 11 is 5.79. The molecule has 1 amide bonds. The number of amides is 1. The monoisotopic (exact) mass is 255 g/mol. The molecule has 0 bridgehead atoms.